The summed E-state index contributed by atoms with van der Waals surface area (Å²) in [5, 5.41) is 14.3. The van der Waals surface area contributed by atoms with Gasteiger partial charge in [0.1, 0.15) is 6.04 Å². The van der Waals surface area contributed by atoms with Gasteiger partial charge in [0.25, 0.3) is 0 Å². The average Bonchev–Trinajstić information content (AvgIpc) is 3.41. The van der Waals surface area contributed by atoms with E-state index in [1.54, 1.807) is 13.0 Å². The number of pyridine rings is 1. The maximum Gasteiger partial charge on any atom is 0.376 e. The lowest BCUT2D eigenvalue weighted by Gasteiger charge is -2.45. The molecular formula is C28H35BBrClN6O2. The number of hydrogen-bond acceptors (Lipinski definition) is 6. The first-order chi connectivity index (χ1) is 18.6. The van der Waals surface area contributed by atoms with Gasteiger partial charge >= 0.3 is 7.05 Å². The van der Waals surface area contributed by atoms with Crippen LogP contribution in [0.1, 0.15) is 48.7 Å². The molecule has 1 saturated heterocycles. The monoisotopic (exact) mass is 612 g/mol. The van der Waals surface area contributed by atoms with Crippen LogP contribution in [0.3, 0.4) is 0 Å². The normalized spacial score (nSPS) is 20.2. The van der Waals surface area contributed by atoms with Crippen LogP contribution in [0.2, 0.25) is 11.8 Å². The molecule has 39 heavy (non-hydrogen) atoms. The van der Waals surface area contributed by atoms with E-state index in [9.17, 15) is 9.82 Å². The van der Waals surface area contributed by atoms with E-state index < -0.39 is 13.1 Å². The van der Waals surface area contributed by atoms with Gasteiger partial charge in [-0.3, -0.25) is 14.7 Å². The molecule has 0 bridgehead atoms. The topological polar surface area (TPSA) is 86.5 Å². The fourth-order valence-corrected chi connectivity index (χ4v) is 6.38. The number of fused-ring (bicyclic) bond motifs is 2. The summed E-state index contributed by atoms with van der Waals surface area (Å²) in [6.07, 6.45) is 9.82. The summed E-state index contributed by atoms with van der Waals surface area (Å²) in [5.41, 5.74) is 4.28. The summed E-state index contributed by atoms with van der Waals surface area (Å²) < 4.78 is 3.01. The number of nitrogens with zero attached hydrogens (tertiary/aromatic N) is 5. The highest BCUT2D eigenvalue weighted by atomic mass is 79.9. The number of aryl methyl sites for hydroxylation is 2. The highest BCUT2D eigenvalue weighted by Crippen LogP contribution is 2.39. The third-order valence-corrected chi connectivity index (χ3v) is 8.81. The number of nitrogens with one attached hydrogen (secondary N) is 1. The predicted octanol–water partition coefficient (Wildman–Crippen LogP) is 3.92. The Kier molecular flexibility index (Phi) is 8.49. The number of benzene rings is 1. The molecule has 11 heteroatoms. The van der Waals surface area contributed by atoms with Crippen LogP contribution in [-0.2, 0) is 23.2 Å². The van der Waals surface area contributed by atoms with Crippen LogP contribution in [0.15, 0.2) is 53.7 Å². The average molecular weight is 614 g/mol. The second-order valence-electron chi connectivity index (χ2n) is 11.1. The third-order valence-electron chi connectivity index (χ3n) is 8.15. The largest absolute Gasteiger partial charge is 0.437 e. The van der Waals surface area contributed by atoms with Gasteiger partial charge in [-0.05, 0) is 90.8 Å². The number of aromatic nitrogens is 3. The number of hydrogen-bond donors (Lipinski definition) is 2. The fourth-order valence-electron chi connectivity index (χ4n) is 5.80. The minimum atomic E-state index is -0.635. The second-order valence-corrected chi connectivity index (χ2v) is 12.5. The number of amides is 1. The number of imidazole rings is 1. The molecule has 1 amide bonds. The van der Waals surface area contributed by atoms with Crippen LogP contribution in [0.4, 0.5) is 0 Å². The molecule has 1 aromatic carbocycles. The van der Waals surface area contributed by atoms with Crippen molar-refractivity contribution in [1.82, 2.24) is 29.6 Å². The Balaban J connectivity index is 1.46. The lowest BCUT2D eigenvalue weighted by molar-refractivity contribution is -0.129. The van der Waals surface area contributed by atoms with Gasteiger partial charge in [-0.25, -0.2) is 4.98 Å². The van der Waals surface area contributed by atoms with Crippen molar-refractivity contribution in [2.24, 2.45) is 0 Å². The first kappa shape index (κ1) is 28.3. The Bertz CT molecular complexity index is 1270. The zero-order valence-corrected chi connectivity index (χ0v) is 25.0. The molecule has 0 radical (unpaired) electrons. The molecule has 3 aromatic rings. The minimum absolute atomic E-state index is 0.0415. The summed E-state index contributed by atoms with van der Waals surface area (Å²) in [5.74, 6) is -0.0415. The van der Waals surface area contributed by atoms with Gasteiger partial charge in [-0.2, -0.15) is 0 Å². The summed E-state index contributed by atoms with van der Waals surface area (Å²) in [7, 11) is -0.635. The first-order valence-corrected chi connectivity index (χ1v) is 14.7. The Hall–Kier alpha value is -2.24. The molecule has 0 spiro atoms. The van der Waals surface area contributed by atoms with Crippen molar-refractivity contribution < 1.29 is 9.82 Å². The number of carbonyl (C=O) groups excluding carboxylic acids is 1. The van der Waals surface area contributed by atoms with Crippen LogP contribution < -0.4 is 5.32 Å². The van der Waals surface area contributed by atoms with Crippen molar-refractivity contribution in [2.45, 2.75) is 57.6 Å². The van der Waals surface area contributed by atoms with Crippen LogP contribution in [-0.4, -0.2) is 74.4 Å². The number of halogens is 2. The molecule has 2 aliphatic rings. The smallest absolute Gasteiger partial charge is 0.376 e. The summed E-state index contributed by atoms with van der Waals surface area (Å²) in [6, 6.07) is 7.54. The van der Waals surface area contributed by atoms with Gasteiger partial charge in [0, 0.05) is 59.8 Å². The van der Waals surface area contributed by atoms with E-state index >= 15 is 0 Å². The molecule has 206 valence electrons. The zero-order valence-electron chi connectivity index (χ0n) is 22.6. The highest BCUT2D eigenvalue weighted by molar-refractivity contribution is 9.10. The molecule has 3 heterocycles. The van der Waals surface area contributed by atoms with Crippen LogP contribution in [0.25, 0.3) is 0 Å². The summed E-state index contributed by atoms with van der Waals surface area (Å²) in [6.45, 7) is 8.26. The molecule has 1 aliphatic carbocycles. The number of rotatable bonds is 7. The van der Waals surface area contributed by atoms with Gasteiger partial charge in [-0.1, -0.05) is 17.7 Å². The maximum absolute atomic E-state index is 13.9. The van der Waals surface area contributed by atoms with Crippen molar-refractivity contribution >= 4 is 40.5 Å². The highest BCUT2D eigenvalue weighted by Gasteiger charge is 2.41. The van der Waals surface area contributed by atoms with Crippen LogP contribution >= 0.6 is 27.5 Å². The number of carbonyl (C=O) groups is 1. The molecule has 0 saturated carbocycles. The Morgan fingerprint density at radius 3 is 2.79 bits per heavy atom. The maximum atomic E-state index is 13.9. The first-order valence-electron chi connectivity index (χ1n) is 13.5. The van der Waals surface area contributed by atoms with Gasteiger partial charge < -0.3 is 19.7 Å². The van der Waals surface area contributed by atoms with Gasteiger partial charge in [-0.15, -0.1) is 0 Å². The zero-order chi connectivity index (χ0) is 27.7. The number of piperazine rings is 1. The SMILES string of the molecule is CB(O)N1CCN(C2c3ccc(Cl)cc3CCc3cc(Br)cnc32)[C@@H](C(=O)NCCC(C)(C)n2ccnc2)C1. The minimum Gasteiger partial charge on any atom is -0.437 e. The molecule has 1 fully saturated rings. The van der Waals surface area contributed by atoms with E-state index in [1.165, 1.54) is 11.1 Å². The molecule has 2 atom stereocenters. The summed E-state index contributed by atoms with van der Waals surface area (Å²) >= 11 is 10.0. The Labute approximate surface area is 244 Å². The van der Waals surface area contributed by atoms with Gasteiger partial charge in [0.2, 0.25) is 5.91 Å². The van der Waals surface area contributed by atoms with E-state index in [4.69, 9.17) is 16.6 Å². The lowest BCUT2D eigenvalue weighted by atomic mass is 9.82. The van der Waals surface area contributed by atoms with Crippen LogP contribution in [0, 0.1) is 0 Å². The van der Waals surface area contributed by atoms with Gasteiger partial charge in [0.15, 0.2) is 0 Å². The summed E-state index contributed by atoms with van der Waals surface area (Å²) in [4.78, 5) is 27.2. The molecule has 2 N–H and O–H groups in total. The molecule has 1 aliphatic heterocycles. The molecule has 1 unspecified atom stereocenters. The molecule has 2 aromatic heterocycles. The standard InChI is InChI=1S/C28H35BBrClN6O2/c1-28(2,35-11-10-32-18-35)8-9-33-27(38)24-17-36(29(3)39)12-13-37(24)26-23-7-6-22(31)15-19(23)4-5-20-14-21(30)16-34-25(20)26/h6-7,10-11,14-16,18,24,26,39H,4-5,8-9,12-13,17H2,1-3H3,(H,33,38)/t24-,26?/m1/s1. The van der Waals surface area contributed by atoms with E-state index in [-0.39, 0.29) is 17.5 Å². The van der Waals surface area contributed by atoms with Crippen molar-refractivity contribution in [3.63, 3.8) is 0 Å². The molecule has 5 rings (SSSR count). The Morgan fingerprint density at radius 2 is 2.05 bits per heavy atom. The third kappa shape index (κ3) is 6.10. The predicted molar refractivity (Wildman–Crippen MR) is 158 cm³/mol. The van der Waals surface area contributed by atoms with E-state index in [0.717, 1.165) is 35.0 Å². The van der Waals surface area contributed by atoms with E-state index in [2.05, 4.69) is 61.7 Å². The quantitative estimate of drug-likeness (QED) is 0.393. The van der Waals surface area contributed by atoms with Crippen molar-refractivity contribution in [3.05, 3.63) is 81.1 Å². The fraction of sp³-hybridized carbons (Fsp3) is 0.464. The van der Waals surface area contributed by atoms with Gasteiger partial charge in [0.05, 0.1) is 18.1 Å². The van der Waals surface area contributed by atoms with Crippen molar-refractivity contribution in [2.75, 3.05) is 26.2 Å². The molecule has 8 nitrogen and oxygen atoms in total. The Morgan fingerprint density at radius 1 is 1.26 bits per heavy atom. The van der Waals surface area contributed by atoms with Crippen LogP contribution in [0.5, 0.6) is 0 Å². The van der Waals surface area contributed by atoms with Crippen molar-refractivity contribution in [1.29, 1.82) is 0 Å². The van der Waals surface area contributed by atoms with E-state index in [0.29, 0.717) is 31.2 Å². The second kappa shape index (κ2) is 11.7. The van der Waals surface area contributed by atoms with E-state index in [1.807, 2.05) is 35.7 Å². The van der Waals surface area contributed by atoms with Crippen molar-refractivity contribution in [3.8, 4) is 0 Å². The lowest BCUT2D eigenvalue weighted by Crippen LogP contribution is -2.62. The molecular weight excluding hydrogens is 579 g/mol.